The van der Waals surface area contributed by atoms with Crippen LogP contribution >= 0.6 is 11.6 Å². The van der Waals surface area contributed by atoms with Gasteiger partial charge in [-0.15, -0.1) is 0 Å². The molecular formula is C22H20ClF3N6O3. The maximum Gasteiger partial charge on any atom is 0.433 e. The van der Waals surface area contributed by atoms with Gasteiger partial charge in [0, 0.05) is 36.5 Å². The molecule has 0 spiro atoms. The van der Waals surface area contributed by atoms with Gasteiger partial charge in [-0.1, -0.05) is 18.5 Å². The van der Waals surface area contributed by atoms with Crippen molar-refractivity contribution >= 4 is 23.5 Å². The zero-order valence-corrected chi connectivity index (χ0v) is 19.3. The second-order valence-electron chi connectivity index (χ2n) is 8.08. The molecule has 1 N–H and O–H groups in total. The molecule has 0 aromatic carbocycles. The number of pyridine rings is 1. The Hall–Kier alpha value is -3.38. The van der Waals surface area contributed by atoms with E-state index in [0.717, 1.165) is 12.3 Å². The van der Waals surface area contributed by atoms with Crippen molar-refractivity contribution in [3.8, 4) is 11.1 Å². The molecule has 3 atom stereocenters. The molecule has 0 aliphatic carbocycles. The highest BCUT2D eigenvalue weighted by Gasteiger charge is 2.39. The number of anilines is 1. The number of carbonyl (C=O) groups excluding carboxylic acids is 1. The molecule has 1 aliphatic heterocycles. The van der Waals surface area contributed by atoms with Crippen molar-refractivity contribution in [1.82, 2.24) is 24.9 Å². The van der Waals surface area contributed by atoms with Crippen molar-refractivity contribution in [3.63, 3.8) is 0 Å². The van der Waals surface area contributed by atoms with Crippen LogP contribution in [0.5, 0.6) is 0 Å². The minimum absolute atomic E-state index is 0.00466. The van der Waals surface area contributed by atoms with Gasteiger partial charge in [0.05, 0.1) is 12.3 Å². The maximum atomic E-state index is 12.9. The van der Waals surface area contributed by atoms with Crippen molar-refractivity contribution in [3.05, 3.63) is 59.3 Å². The summed E-state index contributed by atoms with van der Waals surface area (Å²) >= 11 is 6.22. The average Bonchev–Trinajstić information content (AvgIpc) is 3.21. The van der Waals surface area contributed by atoms with E-state index in [1.807, 2.05) is 6.92 Å². The summed E-state index contributed by atoms with van der Waals surface area (Å²) in [5.74, 6) is 0.657. The lowest BCUT2D eigenvalue weighted by Gasteiger charge is -2.23. The molecule has 0 bridgehead atoms. The summed E-state index contributed by atoms with van der Waals surface area (Å²) < 4.78 is 43.9. The number of hydrogen-bond acceptors (Lipinski definition) is 8. The normalized spacial score (nSPS) is 17.9. The SMILES string of the molecule is C[C@H](Cc1ncc(Cl)c(N2C(=O)OC[C@@H]2[C@@H](C)O)n1)c1ncc(-c2ccnc(C(F)(F)F)c2)cn1. The van der Waals surface area contributed by atoms with E-state index in [9.17, 15) is 23.1 Å². The number of aliphatic hydroxyl groups is 1. The number of halogens is 4. The van der Waals surface area contributed by atoms with Gasteiger partial charge < -0.3 is 9.84 Å². The van der Waals surface area contributed by atoms with Crippen LogP contribution in [-0.4, -0.2) is 54.9 Å². The standard InChI is InChI=1S/C22H20ClF3N6O3/c1-11(19-29-7-14(8-30-19)13-3-4-27-17(6-13)22(24,25)26)5-18-28-9-15(23)20(31-18)32-16(12(2)33)10-35-21(32)34/h3-4,6-9,11-12,16,33H,5,10H2,1-2H3/t11-,12-,16-/m1/s1. The minimum atomic E-state index is -4.55. The van der Waals surface area contributed by atoms with Crippen molar-refractivity contribution in [2.45, 2.75) is 44.5 Å². The molecule has 1 aliphatic rings. The number of carbonyl (C=O) groups is 1. The van der Waals surface area contributed by atoms with Gasteiger partial charge in [-0.2, -0.15) is 13.2 Å². The summed E-state index contributed by atoms with van der Waals surface area (Å²) in [4.78, 5) is 34.0. The molecule has 1 saturated heterocycles. The molecule has 0 radical (unpaired) electrons. The van der Waals surface area contributed by atoms with Gasteiger partial charge in [0.15, 0.2) is 5.82 Å². The first-order valence-corrected chi connectivity index (χ1v) is 10.9. The fourth-order valence-electron chi connectivity index (χ4n) is 3.57. The van der Waals surface area contributed by atoms with E-state index >= 15 is 0 Å². The van der Waals surface area contributed by atoms with Crippen LogP contribution in [0, 0.1) is 0 Å². The summed E-state index contributed by atoms with van der Waals surface area (Å²) in [6, 6.07) is 1.75. The molecule has 1 amide bonds. The Morgan fingerprint density at radius 1 is 1.17 bits per heavy atom. The quantitative estimate of drug-likeness (QED) is 0.530. The third-order valence-corrected chi connectivity index (χ3v) is 5.72. The predicted octanol–water partition coefficient (Wildman–Crippen LogP) is 4.05. The van der Waals surface area contributed by atoms with Crippen LogP contribution in [0.3, 0.4) is 0 Å². The molecule has 13 heteroatoms. The van der Waals surface area contributed by atoms with E-state index in [0.29, 0.717) is 29.2 Å². The molecule has 4 heterocycles. The van der Waals surface area contributed by atoms with Gasteiger partial charge in [0.25, 0.3) is 0 Å². The molecule has 4 rings (SSSR count). The highest BCUT2D eigenvalue weighted by atomic mass is 35.5. The second-order valence-corrected chi connectivity index (χ2v) is 8.48. The molecule has 35 heavy (non-hydrogen) atoms. The van der Waals surface area contributed by atoms with Crippen molar-refractivity contribution in [1.29, 1.82) is 0 Å². The molecule has 1 fully saturated rings. The van der Waals surface area contributed by atoms with Gasteiger partial charge >= 0.3 is 12.3 Å². The highest BCUT2D eigenvalue weighted by Crippen LogP contribution is 2.31. The number of amides is 1. The Kier molecular flexibility index (Phi) is 6.86. The summed E-state index contributed by atoms with van der Waals surface area (Å²) in [5.41, 5.74) is -0.291. The Labute approximate surface area is 203 Å². The number of ether oxygens (including phenoxy) is 1. The number of nitrogens with zero attached hydrogens (tertiary/aromatic N) is 6. The molecule has 3 aromatic rings. The number of alkyl halides is 3. The van der Waals surface area contributed by atoms with Gasteiger partial charge in [0.1, 0.15) is 35.0 Å². The Morgan fingerprint density at radius 2 is 1.89 bits per heavy atom. The molecular weight excluding hydrogens is 489 g/mol. The van der Waals surface area contributed by atoms with E-state index in [2.05, 4.69) is 24.9 Å². The van der Waals surface area contributed by atoms with E-state index < -0.39 is 30.1 Å². The van der Waals surface area contributed by atoms with E-state index in [1.165, 1.54) is 36.5 Å². The van der Waals surface area contributed by atoms with Crippen LogP contribution in [0.15, 0.2) is 36.9 Å². The Balaban J connectivity index is 1.52. The third-order valence-electron chi connectivity index (χ3n) is 5.45. The van der Waals surface area contributed by atoms with E-state index in [1.54, 1.807) is 0 Å². The molecule has 9 nitrogen and oxygen atoms in total. The van der Waals surface area contributed by atoms with Crippen molar-refractivity contribution < 1.29 is 27.8 Å². The zero-order chi connectivity index (χ0) is 25.3. The van der Waals surface area contributed by atoms with Crippen LogP contribution in [0.25, 0.3) is 11.1 Å². The highest BCUT2D eigenvalue weighted by molar-refractivity contribution is 6.33. The van der Waals surface area contributed by atoms with Crippen LogP contribution in [0.4, 0.5) is 23.8 Å². The number of aliphatic hydroxyl groups excluding tert-OH is 1. The number of aromatic nitrogens is 5. The predicted molar refractivity (Wildman–Crippen MR) is 119 cm³/mol. The first kappa shape index (κ1) is 24.7. The van der Waals surface area contributed by atoms with Gasteiger partial charge in [-0.25, -0.2) is 24.7 Å². The van der Waals surface area contributed by atoms with Gasteiger partial charge in [-0.05, 0) is 24.6 Å². The summed E-state index contributed by atoms with van der Waals surface area (Å²) in [7, 11) is 0. The van der Waals surface area contributed by atoms with Crippen LogP contribution in [-0.2, 0) is 17.3 Å². The summed E-state index contributed by atoms with van der Waals surface area (Å²) in [5, 5.41) is 10.1. The molecule has 0 unspecified atom stereocenters. The lowest BCUT2D eigenvalue weighted by Crippen LogP contribution is -2.41. The fourth-order valence-corrected chi connectivity index (χ4v) is 3.75. The topological polar surface area (TPSA) is 114 Å². The van der Waals surface area contributed by atoms with E-state index in [4.69, 9.17) is 16.3 Å². The summed E-state index contributed by atoms with van der Waals surface area (Å²) in [6.45, 7) is 3.38. The number of rotatable bonds is 6. The van der Waals surface area contributed by atoms with Crippen LogP contribution < -0.4 is 4.90 Å². The zero-order valence-electron chi connectivity index (χ0n) is 18.6. The lowest BCUT2D eigenvalue weighted by molar-refractivity contribution is -0.141. The third kappa shape index (κ3) is 5.33. The Bertz CT molecular complexity index is 1230. The van der Waals surface area contributed by atoms with Crippen LogP contribution in [0.2, 0.25) is 5.02 Å². The number of cyclic esters (lactones) is 1. The number of hydrogen-bond donors (Lipinski definition) is 1. The first-order chi connectivity index (χ1) is 16.5. The second kappa shape index (κ2) is 9.70. The van der Waals surface area contributed by atoms with Crippen molar-refractivity contribution in [2.24, 2.45) is 0 Å². The van der Waals surface area contributed by atoms with Crippen LogP contribution in [0.1, 0.15) is 37.1 Å². The fraction of sp³-hybridized carbons (Fsp3) is 0.364. The van der Waals surface area contributed by atoms with E-state index in [-0.39, 0.29) is 23.4 Å². The minimum Gasteiger partial charge on any atom is -0.447 e. The average molecular weight is 509 g/mol. The lowest BCUT2D eigenvalue weighted by atomic mass is 10.1. The molecule has 184 valence electrons. The monoisotopic (exact) mass is 508 g/mol. The Morgan fingerprint density at radius 3 is 2.54 bits per heavy atom. The molecule has 0 saturated carbocycles. The maximum absolute atomic E-state index is 12.9. The van der Waals surface area contributed by atoms with Gasteiger partial charge in [-0.3, -0.25) is 9.88 Å². The first-order valence-electron chi connectivity index (χ1n) is 10.6. The smallest absolute Gasteiger partial charge is 0.433 e. The van der Waals surface area contributed by atoms with Crippen molar-refractivity contribution in [2.75, 3.05) is 11.5 Å². The molecule has 3 aromatic heterocycles. The van der Waals surface area contributed by atoms with Gasteiger partial charge in [0.2, 0.25) is 0 Å². The summed E-state index contributed by atoms with van der Waals surface area (Å²) in [6.07, 6.45) is -0.465. The largest absolute Gasteiger partial charge is 0.447 e.